The number of nitrogens with zero attached hydrogens (tertiary/aromatic N) is 2. The molecule has 3 rings (SSSR count). The first-order chi connectivity index (χ1) is 14.7. The molecule has 0 fully saturated rings. The van der Waals surface area contributed by atoms with Gasteiger partial charge in [-0.3, -0.25) is 9.98 Å². The third-order valence-electron chi connectivity index (χ3n) is 4.74. The molecule has 3 aromatic rings. The van der Waals surface area contributed by atoms with Crippen LogP contribution in [0.15, 0.2) is 59.7 Å². The lowest BCUT2D eigenvalue weighted by Gasteiger charge is -2.16. The number of guanidine groups is 1. The van der Waals surface area contributed by atoms with E-state index in [-0.39, 0.29) is 0 Å². The summed E-state index contributed by atoms with van der Waals surface area (Å²) in [4.78, 5) is 8.86. The molecule has 6 heteroatoms. The summed E-state index contributed by atoms with van der Waals surface area (Å²) >= 11 is 0. The molecule has 2 aromatic carbocycles. The van der Waals surface area contributed by atoms with Gasteiger partial charge in [-0.1, -0.05) is 36.4 Å². The summed E-state index contributed by atoms with van der Waals surface area (Å²) in [5, 5.41) is 7.88. The summed E-state index contributed by atoms with van der Waals surface area (Å²) in [5.74, 6) is 1.60. The van der Waals surface area contributed by atoms with Crippen LogP contribution in [0, 0.1) is 6.92 Å². The molecule has 0 aliphatic rings. The predicted octanol–water partition coefficient (Wildman–Crippen LogP) is 3.82. The average Bonchev–Trinajstić information content (AvgIpc) is 2.78. The lowest BCUT2D eigenvalue weighted by Crippen LogP contribution is -2.36. The molecule has 30 heavy (non-hydrogen) atoms. The number of nitrogens with one attached hydrogen (secondary N) is 2. The van der Waals surface area contributed by atoms with Crippen molar-refractivity contribution in [2.45, 2.75) is 26.9 Å². The highest BCUT2D eigenvalue weighted by atomic mass is 16.5. The van der Waals surface area contributed by atoms with Gasteiger partial charge in [-0.05, 0) is 37.1 Å². The van der Waals surface area contributed by atoms with Gasteiger partial charge >= 0.3 is 0 Å². The molecule has 0 aliphatic carbocycles. The van der Waals surface area contributed by atoms with E-state index in [1.807, 2.05) is 19.2 Å². The quantitative estimate of drug-likeness (QED) is 0.321. The number of benzene rings is 2. The van der Waals surface area contributed by atoms with E-state index >= 15 is 0 Å². The summed E-state index contributed by atoms with van der Waals surface area (Å²) in [6, 6.07) is 16.5. The molecule has 2 N–H and O–H groups in total. The predicted molar refractivity (Wildman–Crippen MR) is 122 cm³/mol. The summed E-state index contributed by atoms with van der Waals surface area (Å²) in [6.07, 6.45) is 1.82. The Labute approximate surface area is 178 Å². The van der Waals surface area contributed by atoms with Gasteiger partial charge < -0.3 is 20.1 Å². The zero-order valence-corrected chi connectivity index (χ0v) is 17.9. The van der Waals surface area contributed by atoms with Crippen LogP contribution in [0.2, 0.25) is 0 Å². The minimum atomic E-state index is 0.533. The lowest BCUT2D eigenvalue weighted by atomic mass is 10.1. The molecule has 0 aliphatic heterocycles. The molecule has 0 unspecified atom stereocenters. The number of aryl methyl sites for hydroxylation is 1. The van der Waals surface area contributed by atoms with E-state index in [0.717, 1.165) is 39.3 Å². The largest absolute Gasteiger partial charge is 0.491 e. The van der Waals surface area contributed by atoms with Crippen molar-refractivity contribution in [1.82, 2.24) is 15.6 Å². The summed E-state index contributed by atoms with van der Waals surface area (Å²) < 4.78 is 11.3. The molecule has 158 valence electrons. The third kappa shape index (κ3) is 5.94. The number of aromatic nitrogens is 1. The van der Waals surface area contributed by atoms with Crippen LogP contribution in [-0.4, -0.2) is 37.8 Å². The van der Waals surface area contributed by atoms with Crippen molar-refractivity contribution in [2.75, 3.05) is 26.9 Å². The fourth-order valence-electron chi connectivity index (χ4n) is 3.19. The average molecular weight is 407 g/mol. The second-order valence-corrected chi connectivity index (χ2v) is 6.93. The van der Waals surface area contributed by atoms with E-state index in [4.69, 9.17) is 9.47 Å². The van der Waals surface area contributed by atoms with Gasteiger partial charge in [0.15, 0.2) is 5.96 Å². The number of hydrogen-bond acceptors (Lipinski definition) is 4. The number of fused-ring (bicyclic) bond motifs is 1. The smallest absolute Gasteiger partial charge is 0.191 e. The fourth-order valence-corrected chi connectivity index (χ4v) is 3.19. The number of para-hydroxylation sites is 1. The van der Waals surface area contributed by atoms with Gasteiger partial charge in [0.05, 0.1) is 12.1 Å². The molecule has 0 bridgehead atoms. The van der Waals surface area contributed by atoms with Crippen LogP contribution in [0.3, 0.4) is 0 Å². The molecule has 0 saturated heterocycles. The maximum absolute atomic E-state index is 5.93. The van der Waals surface area contributed by atoms with Crippen LogP contribution in [0.4, 0.5) is 0 Å². The van der Waals surface area contributed by atoms with Crippen molar-refractivity contribution in [1.29, 1.82) is 0 Å². The van der Waals surface area contributed by atoms with Gasteiger partial charge in [0.25, 0.3) is 0 Å². The highest BCUT2D eigenvalue weighted by molar-refractivity contribution is 5.83. The summed E-state index contributed by atoms with van der Waals surface area (Å²) in [5.41, 5.74) is 4.38. The van der Waals surface area contributed by atoms with Gasteiger partial charge in [-0.25, -0.2) is 0 Å². The Morgan fingerprint density at radius 2 is 1.80 bits per heavy atom. The number of pyridine rings is 1. The molecule has 1 heterocycles. The number of hydrogen-bond donors (Lipinski definition) is 2. The second-order valence-electron chi connectivity index (χ2n) is 6.93. The molecule has 6 nitrogen and oxygen atoms in total. The lowest BCUT2D eigenvalue weighted by molar-refractivity contribution is 0.110. The van der Waals surface area contributed by atoms with Crippen molar-refractivity contribution in [3.8, 4) is 5.75 Å². The fraction of sp³-hybridized carbons (Fsp3) is 0.333. The van der Waals surface area contributed by atoms with Crippen molar-refractivity contribution < 1.29 is 9.47 Å². The first kappa shape index (κ1) is 21.6. The van der Waals surface area contributed by atoms with Crippen LogP contribution >= 0.6 is 0 Å². The van der Waals surface area contributed by atoms with E-state index in [1.54, 1.807) is 7.05 Å². The number of ether oxygens (including phenoxy) is 2. The molecule has 1 aromatic heterocycles. The van der Waals surface area contributed by atoms with Crippen LogP contribution in [0.5, 0.6) is 5.75 Å². The maximum Gasteiger partial charge on any atom is 0.191 e. The molecule has 0 spiro atoms. The van der Waals surface area contributed by atoms with Crippen LogP contribution in [0.25, 0.3) is 10.9 Å². The van der Waals surface area contributed by atoms with Crippen LogP contribution in [0.1, 0.15) is 23.6 Å². The van der Waals surface area contributed by atoms with E-state index < -0.39 is 0 Å². The summed E-state index contributed by atoms with van der Waals surface area (Å²) in [7, 11) is 1.77. The molecular formula is C24H30N4O2. The summed E-state index contributed by atoms with van der Waals surface area (Å²) in [6.45, 7) is 7.10. The van der Waals surface area contributed by atoms with Gasteiger partial charge in [0, 0.05) is 43.9 Å². The van der Waals surface area contributed by atoms with Crippen molar-refractivity contribution in [2.24, 2.45) is 4.99 Å². The maximum atomic E-state index is 5.93. The SMILES string of the molecule is CCOCCOc1cc(C)ccc1CNC(=NC)NCc1cccc2cccnc12. The highest BCUT2D eigenvalue weighted by Crippen LogP contribution is 2.20. The normalized spacial score (nSPS) is 11.5. The van der Waals surface area contributed by atoms with Gasteiger partial charge in [-0.2, -0.15) is 0 Å². The Morgan fingerprint density at radius 1 is 1.00 bits per heavy atom. The minimum absolute atomic E-state index is 0.533. The first-order valence-electron chi connectivity index (χ1n) is 10.3. The van der Waals surface area contributed by atoms with Gasteiger partial charge in [0.2, 0.25) is 0 Å². The zero-order valence-electron chi connectivity index (χ0n) is 17.9. The zero-order chi connectivity index (χ0) is 21.2. The Kier molecular flexibility index (Phi) is 8.03. The van der Waals surface area contributed by atoms with Gasteiger partial charge in [0.1, 0.15) is 12.4 Å². The Balaban J connectivity index is 1.60. The minimum Gasteiger partial charge on any atom is -0.491 e. The molecule has 0 radical (unpaired) electrons. The second kappa shape index (κ2) is 11.2. The van der Waals surface area contributed by atoms with Crippen LogP contribution < -0.4 is 15.4 Å². The van der Waals surface area contributed by atoms with Crippen LogP contribution in [-0.2, 0) is 17.8 Å². The Bertz CT molecular complexity index is 983. The van der Waals surface area contributed by atoms with Crippen molar-refractivity contribution in [3.63, 3.8) is 0 Å². The Morgan fingerprint density at radius 3 is 2.60 bits per heavy atom. The topological polar surface area (TPSA) is 67.8 Å². The molecule has 0 amide bonds. The number of rotatable bonds is 9. The van der Waals surface area contributed by atoms with E-state index in [2.05, 4.69) is 70.0 Å². The standard InChI is InChI=1S/C24H30N4O2/c1-4-29-13-14-30-22-15-18(2)10-11-20(22)16-27-24(25-3)28-17-21-8-5-7-19-9-6-12-26-23(19)21/h5-12,15H,4,13-14,16-17H2,1-3H3,(H2,25,27,28). The van der Waals surface area contributed by atoms with Crippen molar-refractivity contribution in [3.05, 3.63) is 71.4 Å². The Hall–Kier alpha value is -3.12. The molecule has 0 saturated carbocycles. The van der Waals surface area contributed by atoms with Crippen molar-refractivity contribution >= 4 is 16.9 Å². The monoisotopic (exact) mass is 406 g/mol. The van der Waals surface area contributed by atoms with Gasteiger partial charge in [-0.15, -0.1) is 0 Å². The van der Waals surface area contributed by atoms with E-state index in [0.29, 0.717) is 32.9 Å². The van der Waals surface area contributed by atoms with E-state index in [9.17, 15) is 0 Å². The molecule has 0 atom stereocenters. The molecular weight excluding hydrogens is 376 g/mol. The first-order valence-corrected chi connectivity index (χ1v) is 10.3. The number of aliphatic imine (C=N–C) groups is 1. The highest BCUT2D eigenvalue weighted by Gasteiger charge is 2.07. The third-order valence-corrected chi connectivity index (χ3v) is 4.74. The van der Waals surface area contributed by atoms with E-state index in [1.165, 1.54) is 0 Å².